The number of nitrogens with one attached hydrogen (secondary N) is 1. The van der Waals surface area contributed by atoms with Crippen LogP contribution in [0, 0.1) is 0 Å². The molecule has 2 N–H and O–H groups in total. The summed E-state index contributed by atoms with van der Waals surface area (Å²) in [7, 11) is 1.60. The third-order valence-corrected chi connectivity index (χ3v) is 3.59. The summed E-state index contributed by atoms with van der Waals surface area (Å²) < 4.78 is 0. The minimum Gasteiger partial charge on any atom is -0.393 e. The molecule has 6 heteroatoms. The van der Waals surface area contributed by atoms with E-state index < -0.39 is 0 Å². The lowest BCUT2D eigenvalue weighted by Gasteiger charge is -2.16. The van der Waals surface area contributed by atoms with E-state index in [0.29, 0.717) is 24.3 Å². The second kappa shape index (κ2) is 7.91. The van der Waals surface area contributed by atoms with Crippen molar-refractivity contribution in [1.82, 2.24) is 10.2 Å². The average molecular weight is 284 g/mol. The largest absolute Gasteiger partial charge is 0.393 e. The Morgan fingerprint density at radius 3 is 2.84 bits per heavy atom. The number of likely N-dealkylation sites (N-methyl/N-ethyl adjacent to an activating group) is 1. The van der Waals surface area contributed by atoms with Crippen LogP contribution in [0.2, 0.25) is 0 Å². The molecule has 2 amide bonds. The SMILES string of the molecule is CCC(O)CCNC(=O)CN(C)C(=O)c1cccs1. The Balaban J connectivity index is 2.30. The first-order valence-electron chi connectivity index (χ1n) is 6.28. The molecule has 1 aromatic rings. The minimum absolute atomic E-state index is 0.0267. The molecule has 0 radical (unpaired) electrons. The molecule has 1 unspecified atom stereocenters. The van der Waals surface area contributed by atoms with Gasteiger partial charge in [-0.05, 0) is 24.3 Å². The second-order valence-corrected chi connectivity index (χ2v) is 5.29. The van der Waals surface area contributed by atoms with E-state index in [2.05, 4.69) is 5.32 Å². The summed E-state index contributed by atoms with van der Waals surface area (Å²) in [6, 6.07) is 3.54. The number of carbonyl (C=O) groups is 2. The number of amides is 2. The van der Waals surface area contributed by atoms with Crippen molar-refractivity contribution in [3.05, 3.63) is 22.4 Å². The molecule has 0 saturated heterocycles. The molecule has 0 aliphatic rings. The lowest BCUT2D eigenvalue weighted by atomic mass is 10.2. The predicted molar refractivity (Wildman–Crippen MR) is 75.2 cm³/mol. The van der Waals surface area contributed by atoms with Gasteiger partial charge >= 0.3 is 0 Å². The quantitative estimate of drug-likeness (QED) is 0.787. The van der Waals surface area contributed by atoms with Crippen LogP contribution in [0.1, 0.15) is 29.4 Å². The molecule has 0 spiro atoms. The van der Waals surface area contributed by atoms with E-state index in [0.717, 1.165) is 0 Å². The zero-order valence-electron chi connectivity index (χ0n) is 11.3. The van der Waals surface area contributed by atoms with Crippen LogP contribution < -0.4 is 5.32 Å². The van der Waals surface area contributed by atoms with Gasteiger partial charge in [0.25, 0.3) is 5.91 Å². The highest BCUT2D eigenvalue weighted by Crippen LogP contribution is 2.10. The van der Waals surface area contributed by atoms with Crippen LogP contribution in [-0.4, -0.2) is 48.1 Å². The van der Waals surface area contributed by atoms with E-state index in [1.165, 1.54) is 16.2 Å². The zero-order valence-corrected chi connectivity index (χ0v) is 12.1. The van der Waals surface area contributed by atoms with Gasteiger partial charge in [0, 0.05) is 13.6 Å². The van der Waals surface area contributed by atoms with Crippen molar-refractivity contribution in [2.45, 2.75) is 25.9 Å². The number of hydrogen-bond acceptors (Lipinski definition) is 4. The van der Waals surface area contributed by atoms with Crippen molar-refractivity contribution >= 4 is 23.2 Å². The maximum Gasteiger partial charge on any atom is 0.264 e. The van der Waals surface area contributed by atoms with Gasteiger partial charge in [-0.15, -0.1) is 11.3 Å². The first-order chi connectivity index (χ1) is 9.04. The van der Waals surface area contributed by atoms with Crippen LogP contribution in [0.15, 0.2) is 17.5 Å². The van der Waals surface area contributed by atoms with Crippen molar-refractivity contribution in [3.8, 4) is 0 Å². The van der Waals surface area contributed by atoms with Crippen molar-refractivity contribution in [3.63, 3.8) is 0 Å². The molecule has 5 nitrogen and oxygen atoms in total. The molecular weight excluding hydrogens is 264 g/mol. The summed E-state index contributed by atoms with van der Waals surface area (Å²) in [6.07, 6.45) is 0.822. The fraction of sp³-hybridized carbons (Fsp3) is 0.538. The summed E-state index contributed by atoms with van der Waals surface area (Å²) >= 11 is 1.36. The fourth-order valence-electron chi connectivity index (χ4n) is 1.51. The van der Waals surface area contributed by atoms with Crippen LogP contribution in [0.3, 0.4) is 0 Å². The molecule has 1 atom stereocenters. The highest BCUT2D eigenvalue weighted by atomic mass is 32.1. The maximum atomic E-state index is 11.9. The van der Waals surface area contributed by atoms with Crippen LogP contribution in [0.4, 0.5) is 0 Å². The molecule has 1 rings (SSSR count). The molecule has 0 aliphatic carbocycles. The summed E-state index contributed by atoms with van der Waals surface area (Å²) in [6.45, 7) is 2.34. The number of aliphatic hydroxyl groups excluding tert-OH is 1. The van der Waals surface area contributed by atoms with Crippen molar-refractivity contribution < 1.29 is 14.7 Å². The van der Waals surface area contributed by atoms with Gasteiger partial charge in [-0.1, -0.05) is 13.0 Å². The normalized spacial score (nSPS) is 11.9. The first kappa shape index (κ1) is 15.7. The number of rotatable bonds is 7. The Morgan fingerprint density at radius 2 is 2.26 bits per heavy atom. The second-order valence-electron chi connectivity index (χ2n) is 4.34. The molecule has 0 aliphatic heterocycles. The van der Waals surface area contributed by atoms with Crippen LogP contribution in [-0.2, 0) is 4.79 Å². The molecule has 0 fully saturated rings. The van der Waals surface area contributed by atoms with E-state index in [4.69, 9.17) is 0 Å². The van der Waals surface area contributed by atoms with Gasteiger partial charge in [0.05, 0.1) is 17.5 Å². The van der Waals surface area contributed by atoms with Gasteiger partial charge in [-0.3, -0.25) is 9.59 Å². The van der Waals surface area contributed by atoms with Gasteiger partial charge < -0.3 is 15.3 Å². The van der Waals surface area contributed by atoms with E-state index in [1.54, 1.807) is 19.2 Å². The van der Waals surface area contributed by atoms with Gasteiger partial charge in [0.1, 0.15) is 0 Å². The summed E-state index contributed by atoms with van der Waals surface area (Å²) in [4.78, 5) is 25.5. The van der Waals surface area contributed by atoms with E-state index in [-0.39, 0.29) is 24.5 Å². The number of nitrogens with zero attached hydrogens (tertiary/aromatic N) is 1. The molecule has 19 heavy (non-hydrogen) atoms. The van der Waals surface area contributed by atoms with Crippen molar-refractivity contribution in [1.29, 1.82) is 0 Å². The van der Waals surface area contributed by atoms with Gasteiger partial charge in [-0.2, -0.15) is 0 Å². The summed E-state index contributed by atoms with van der Waals surface area (Å²) in [5.74, 6) is -0.366. The first-order valence-corrected chi connectivity index (χ1v) is 7.16. The van der Waals surface area contributed by atoms with Gasteiger partial charge in [0.2, 0.25) is 5.91 Å². The number of hydrogen-bond donors (Lipinski definition) is 2. The molecule has 1 heterocycles. The molecule has 0 bridgehead atoms. The Kier molecular flexibility index (Phi) is 6.52. The van der Waals surface area contributed by atoms with Crippen LogP contribution in [0.5, 0.6) is 0 Å². The Morgan fingerprint density at radius 1 is 1.53 bits per heavy atom. The molecule has 0 aromatic carbocycles. The van der Waals surface area contributed by atoms with Crippen molar-refractivity contribution in [2.75, 3.05) is 20.1 Å². The zero-order chi connectivity index (χ0) is 14.3. The van der Waals surface area contributed by atoms with E-state index >= 15 is 0 Å². The lowest BCUT2D eigenvalue weighted by molar-refractivity contribution is -0.121. The minimum atomic E-state index is -0.384. The van der Waals surface area contributed by atoms with E-state index in [1.807, 2.05) is 12.3 Å². The van der Waals surface area contributed by atoms with Crippen LogP contribution in [0.25, 0.3) is 0 Å². The topological polar surface area (TPSA) is 69.6 Å². The van der Waals surface area contributed by atoms with E-state index in [9.17, 15) is 14.7 Å². The summed E-state index contributed by atoms with van der Waals surface area (Å²) in [5.41, 5.74) is 0. The standard InChI is InChI=1S/C13H20N2O3S/c1-3-10(16)6-7-14-12(17)9-15(2)13(18)11-5-4-8-19-11/h4-5,8,10,16H,3,6-7,9H2,1-2H3,(H,14,17). The monoisotopic (exact) mass is 284 g/mol. The number of aliphatic hydroxyl groups is 1. The Labute approximate surface area is 117 Å². The Hall–Kier alpha value is -1.40. The molecular formula is C13H20N2O3S. The number of carbonyl (C=O) groups excluding carboxylic acids is 2. The number of thiophene rings is 1. The predicted octanol–water partition coefficient (Wildman–Crippen LogP) is 1.10. The highest BCUT2D eigenvalue weighted by Gasteiger charge is 2.15. The maximum absolute atomic E-state index is 11.9. The van der Waals surface area contributed by atoms with Crippen LogP contribution >= 0.6 is 11.3 Å². The fourth-order valence-corrected chi connectivity index (χ4v) is 2.23. The molecule has 106 valence electrons. The average Bonchev–Trinajstić information content (AvgIpc) is 2.91. The highest BCUT2D eigenvalue weighted by molar-refractivity contribution is 7.12. The third-order valence-electron chi connectivity index (χ3n) is 2.73. The van der Waals surface area contributed by atoms with Gasteiger partial charge in [-0.25, -0.2) is 0 Å². The van der Waals surface area contributed by atoms with Gasteiger partial charge in [0.15, 0.2) is 0 Å². The molecule has 1 aromatic heterocycles. The Bertz CT molecular complexity index is 406. The summed E-state index contributed by atoms with van der Waals surface area (Å²) in [5, 5.41) is 13.9. The lowest BCUT2D eigenvalue weighted by Crippen LogP contribution is -2.39. The smallest absolute Gasteiger partial charge is 0.264 e. The van der Waals surface area contributed by atoms with Crippen molar-refractivity contribution in [2.24, 2.45) is 0 Å². The molecule has 0 saturated carbocycles. The third kappa shape index (κ3) is 5.40.